The lowest BCUT2D eigenvalue weighted by molar-refractivity contribution is 0.104. The number of Topliss-reactive ketones (excluding diaryl/α,β-unsaturated/α-hetero) is 1. The van der Waals surface area contributed by atoms with Gasteiger partial charge in [-0.25, -0.2) is 0 Å². The molecule has 3 rings (SSSR count). The zero-order chi connectivity index (χ0) is 16.6. The van der Waals surface area contributed by atoms with E-state index < -0.39 is 0 Å². The summed E-state index contributed by atoms with van der Waals surface area (Å²) >= 11 is 0. The Morgan fingerprint density at radius 3 is 2.39 bits per heavy atom. The molecule has 1 aliphatic carbocycles. The van der Waals surface area contributed by atoms with E-state index in [4.69, 9.17) is 9.47 Å². The SMILES string of the molecule is COc1cc2c(cc1OC)C(=O)/C(=C/c1cc(C)ccc1C)C2. The van der Waals surface area contributed by atoms with Gasteiger partial charge in [0.25, 0.3) is 0 Å². The molecule has 0 fully saturated rings. The molecule has 3 nitrogen and oxygen atoms in total. The number of rotatable bonds is 3. The van der Waals surface area contributed by atoms with Crippen LogP contribution in [0, 0.1) is 13.8 Å². The molecule has 3 heteroatoms. The molecular formula is C20H20O3. The van der Waals surface area contributed by atoms with Gasteiger partial charge in [-0.1, -0.05) is 23.8 Å². The van der Waals surface area contributed by atoms with Gasteiger partial charge in [-0.3, -0.25) is 4.79 Å². The minimum Gasteiger partial charge on any atom is -0.493 e. The van der Waals surface area contributed by atoms with Crippen molar-refractivity contribution >= 4 is 11.9 Å². The predicted molar refractivity (Wildman–Crippen MR) is 91.5 cm³/mol. The summed E-state index contributed by atoms with van der Waals surface area (Å²) < 4.78 is 10.6. The molecule has 1 aliphatic rings. The number of fused-ring (bicyclic) bond motifs is 1. The largest absolute Gasteiger partial charge is 0.493 e. The van der Waals surface area contributed by atoms with E-state index >= 15 is 0 Å². The molecule has 0 saturated heterocycles. The third-order valence-electron chi connectivity index (χ3n) is 4.29. The Hall–Kier alpha value is -2.55. The fraction of sp³-hybridized carbons (Fsp3) is 0.250. The lowest BCUT2D eigenvalue weighted by atomic mass is 10.0. The van der Waals surface area contributed by atoms with Crippen LogP contribution in [0.1, 0.15) is 32.6 Å². The van der Waals surface area contributed by atoms with Crippen LogP contribution in [-0.4, -0.2) is 20.0 Å². The maximum Gasteiger partial charge on any atom is 0.189 e. The summed E-state index contributed by atoms with van der Waals surface area (Å²) in [6.07, 6.45) is 2.63. The van der Waals surface area contributed by atoms with Crippen molar-refractivity contribution in [3.05, 3.63) is 63.7 Å². The summed E-state index contributed by atoms with van der Waals surface area (Å²) in [7, 11) is 3.18. The second-order valence-electron chi connectivity index (χ2n) is 5.90. The van der Waals surface area contributed by atoms with Crippen molar-refractivity contribution in [3.63, 3.8) is 0 Å². The van der Waals surface area contributed by atoms with E-state index in [0.29, 0.717) is 23.5 Å². The van der Waals surface area contributed by atoms with Gasteiger partial charge in [-0.05, 0) is 48.7 Å². The van der Waals surface area contributed by atoms with E-state index in [2.05, 4.69) is 32.0 Å². The zero-order valence-corrected chi connectivity index (χ0v) is 13.9. The van der Waals surface area contributed by atoms with Crippen LogP contribution in [0.2, 0.25) is 0 Å². The van der Waals surface area contributed by atoms with Crippen LogP contribution in [0.3, 0.4) is 0 Å². The van der Waals surface area contributed by atoms with Crippen LogP contribution in [0.5, 0.6) is 11.5 Å². The van der Waals surface area contributed by atoms with Gasteiger partial charge < -0.3 is 9.47 Å². The predicted octanol–water partition coefficient (Wildman–Crippen LogP) is 4.14. The summed E-state index contributed by atoms with van der Waals surface area (Å²) in [6.45, 7) is 4.12. The van der Waals surface area contributed by atoms with Crippen LogP contribution in [0.15, 0.2) is 35.9 Å². The Bertz CT molecular complexity index is 816. The van der Waals surface area contributed by atoms with Crippen LogP contribution < -0.4 is 9.47 Å². The number of hydrogen-bond acceptors (Lipinski definition) is 3. The molecule has 0 spiro atoms. The Kier molecular flexibility index (Phi) is 3.95. The summed E-state index contributed by atoms with van der Waals surface area (Å²) in [5.41, 5.74) is 5.96. The molecule has 23 heavy (non-hydrogen) atoms. The first kappa shape index (κ1) is 15.3. The highest BCUT2D eigenvalue weighted by Crippen LogP contribution is 2.37. The van der Waals surface area contributed by atoms with E-state index in [1.807, 2.05) is 12.1 Å². The molecule has 0 N–H and O–H groups in total. The van der Waals surface area contributed by atoms with Crippen molar-refractivity contribution in [3.8, 4) is 11.5 Å². The monoisotopic (exact) mass is 308 g/mol. The number of ether oxygens (including phenoxy) is 2. The highest BCUT2D eigenvalue weighted by atomic mass is 16.5. The molecule has 0 aliphatic heterocycles. The van der Waals surface area contributed by atoms with Crippen LogP contribution in [0.25, 0.3) is 6.08 Å². The van der Waals surface area contributed by atoms with Gasteiger partial charge in [0.2, 0.25) is 0 Å². The zero-order valence-electron chi connectivity index (χ0n) is 13.9. The molecular weight excluding hydrogens is 288 g/mol. The van der Waals surface area contributed by atoms with Gasteiger partial charge in [-0.2, -0.15) is 0 Å². The van der Waals surface area contributed by atoms with Gasteiger partial charge in [0.05, 0.1) is 14.2 Å². The summed E-state index contributed by atoms with van der Waals surface area (Å²) in [5.74, 6) is 1.32. The number of aryl methyl sites for hydroxylation is 2. The number of benzene rings is 2. The molecule has 0 radical (unpaired) electrons. The molecule has 0 bridgehead atoms. The smallest absolute Gasteiger partial charge is 0.189 e. The molecule has 0 saturated carbocycles. The number of hydrogen-bond donors (Lipinski definition) is 0. The molecule has 2 aromatic rings. The van der Waals surface area contributed by atoms with Crippen molar-refractivity contribution in [1.82, 2.24) is 0 Å². The van der Waals surface area contributed by atoms with Crippen molar-refractivity contribution in [1.29, 1.82) is 0 Å². The van der Waals surface area contributed by atoms with Crippen LogP contribution in [0.4, 0.5) is 0 Å². The molecule has 0 unspecified atom stereocenters. The standard InChI is InChI=1S/C20H20O3/c1-12-5-6-13(2)14(7-12)8-16-9-15-10-18(22-3)19(23-4)11-17(15)20(16)21/h5-8,10-11H,9H2,1-4H3/b16-8+. The minimum atomic E-state index is 0.0712. The third kappa shape index (κ3) is 2.74. The lowest BCUT2D eigenvalue weighted by Gasteiger charge is -2.08. The average Bonchev–Trinajstić information content (AvgIpc) is 2.85. The summed E-state index contributed by atoms with van der Waals surface area (Å²) in [6, 6.07) is 9.95. The Labute approximate surface area is 136 Å². The van der Waals surface area contributed by atoms with E-state index in [0.717, 1.165) is 16.7 Å². The molecule has 0 amide bonds. The number of carbonyl (C=O) groups excluding carboxylic acids is 1. The van der Waals surface area contributed by atoms with Crippen molar-refractivity contribution in [2.75, 3.05) is 14.2 Å². The van der Waals surface area contributed by atoms with Crippen LogP contribution >= 0.6 is 0 Å². The van der Waals surface area contributed by atoms with E-state index in [1.165, 1.54) is 11.1 Å². The van der Waals surface area contributed by atoms with E-state index in [9.17, 15) is 4.79 Å². The van der Waals surface area contributed by atoms with Crippen molar-refractivity contribution in [2.45, 2.75) is 20.3 Å². The van der Waals surface area contributed by atoms with Gasteiger partial charge >= 0.3 is 0 Å². The molecule has 118 valence electrons. The molecule has 0 atom stereocenters. The first-order valence-electron chi connectivity index (χ1n) is 7.61. The Morgan fingerprint density at radius 1 is 1.00 bits per heavy atom. The topological polar surface area (TPSA) is 35.5 Å². The Balaban J connectivity index is 2.03. The maximum atomic E-state index is 12.7. The maximum absolute atomic E-state index is 12.7. The van der Waals surface area contributed by atoms with Gasteiger partial charge in [0.1, 0.15) is 0 Å². The van der Waals surface area contributed by atoms with Gasteiger partial charge in [0.15, 0.2) is 17.3 Å². The Morgan fingerprint density at radius 2 is 1.70 bits per heavy atom. The second kappa shape index (κ2) is 5.92. The minimum absolute atomic E-state index is 0.0712. The van der Waals surface area contributed by atoms with Gasteiger partial charge in [0, 0.05) is 17.6 Å². The quantitative estimate of drug-likeness (QED) is 0.799. The highest BCUT2D eigenvalue weighted by molar-refractivity contribution is 6.16. The van der Waals surface area contributed by atoms with E-state index in [1.54, 1.807) is 20.3 Å². The third-order valence-corrected chi connectivity index (χ3v) is 4.29. The van der Waals surface area contributed by atoms with E-state index in [-0.39, 0.29) is 5.78 Å². The molecule has 0 heterocycles. The number of methoxy groups -OCH3 is 2. The molecule has 2 aromatic carbocycles. The summed E-state index contributed by atoms with van der Waals surface area (Å²) in [4.78, 5) is 12.7. The number of carbonyl (C=O) groups is 1. The van der Waals surface area contributed by atoms with Crippen LogP contribution in [-0.2, 0) is 6.42 Å². The first-order chi connectivity index (χ1) is 11.0. The van der Waals surface area contributed by atoms with Crippen molar-refractivity contribution < 1.29 is 14.3 Å². The normalized spacial score (nSPS) is 15.0. The number of allylic oxidation sites excluding steroid dienone is 1. The lowest BCUT2D eigenvalue weighted by Crippen LogP contribution is -1.98. The average molecular weight is 308 g/mol. The fourth-order valence-corrected chi connectivity index (χ4v) is 2.96. The summed E-state index contributed by atoms with van der Waals surface area (Å²) in [5, 5.41) is 0. The first-order valence-corrected chi connectivity index (χ1v) is 7.61. The second-order valence-corrected chi connectivity index (χ2v) is 5.90. The number of ketones is 1. The fourth-order valence-electron chi connectivity index (χ4n) is 2.96. The molecule has 0 aromatic heterocycles. The highest BCUT2D eigenvalue weighted by Gasteiger charge is 2.27. The van der Waals surface area contributed by atoms with Gasteiger partial charge in [-0.15, -0.1) is 0 Å². The van der Waals surface area contributed by atoms with Crippen molar-refractivity contribution in [2.24, 2.45) is 0 Å².